The third-order valence-corrected chi connectivity index (χ3v) is 2.90. The van der Waals surface area contributed by atoms with Gasteiger partial charge in [-0.1, -0.05) is 48.6 Å². The van der Waals surface area contributed by atoms with Crippen LogP contribution in [-0.2, 0) is 0 Å². The Balaban J connectivity index is 2.14. The number of aromatic nitrogens is 2. The van der Waals surface area contributed by atoms with Crippen LogP contribution in [0.3, 0.4) is 0 Å². The fraction of sp³-hybridized carbons (Fsp3) is 0.273. The standard InChI is InChI=1S/C11H13N3S/c1-2-8-12-11-14-13-10(15-11)9-6-4-3-5-7-9/h3-7H,2,8H2,1H3,(H,12,14). The van der Waals surface area contributed by atoms with E-state index in [9.17, 15) is 0 Å². The van der Waals surface area contributed by atoms with Gasteiger partial charge in [0.1, 0.15) is 5.01 Å². The number of rotatable bonds is 4. The van der Waals surface area contributed by atoms with Crippen molar-refractivity contribution in [3.05, 3.63) is 30.3 Å². The summed E-state index contributed by atoms with van der Waals surface area (Å²) in [6.45, 7) is 3.08. The number of anilines is 1. The van der Waals surface area contributed by atoms with Gasteiger partial charge in [-0.05, 0) is 6.42 Å². The molecule has 0 aliphatic carbocycles. The van der Waals surface area contributed by atoms with Crippen LogP contribution >= 0.6 is 11.3 Å². The van der Waals surface area contributed by atoms with Crippen LogP contribution in [0.15, 0.2) is 30.3 Å². The molecule has 0 saturated heterocycles. The lowest BCUT2D eigenvalue weighted by Crippen LogP contribution is -1.98. The Hall–Kier alpha value is -1.42. The quantitative estimate of drug-likeness (QED) is 0.859. The van der Waals surface area contributed by atoms with Crippen LogP contribution in [0.2, 0.25) is 0 Å². The highest BCUT2D eigenvalue weighted by molar-refractivity contribution is 7.18. The van der Waals surface area contributed by atoms with E-state index in [0.29, 0.717) is 0 Å². The van der Waals surface area contributed by atoms with Crippen LogP contribution in [-0.4, -0.2) is 16.7 Å². The molecule has 15 heavy (non-hydrogen) atoms. The van der Waals surface area contributed by atoms with E-state index < -0.39 is 0 Å². The summed E-state index contributed by atoms with van der Waals surface area (Å²) in [6.07, 6.45) is 1.10. The summed E-state index contributed by atoms with van der Waals surface area (Å²) >= 11 is 1.59. The van der Waals surface area contributed by atoms with E-state index in [4.69, 9.17) is 0 Å². The number of hydrogen-bond donors (Lipinski definition) is 1. The van der Waals surface area contributed by atoms with Crippen LogP contribution in [0.4, 0.5) is 5.13 Å². The molecule has 1 heterocycles. The molecule has 1 aromatic heterocycles. The van der Waals surface area contributed by atoms with Crippen molar-refractivity contribution in [2.45, 2.75) is 13.3 Å². The fourth-order valence-electron chi connectivity index (χ4n) is 1.22. The van der Waals surface area contributed by atoms with Crippen LogP contribution in [0.25, 0.3) is 10.6 Å². The van der Waals surface area contributed by atoms with Crippen molar-refractivity contribution >= 4 is 16.5 Å². The van der Waals surface area contributed by atoms with Gasteiger partial charge in [-0.3, -0.25) is 0 Å². The molecule has 2 aromatic rings. The Bertz CT molecular complexity index is 411. The molecule has 0 spiro atoms. The van der Waals surface area contributed by atoms with Crippen LogP contribution in [0.5, 0.6) is 0 Å². The first-order valence-corrected chi connectivity index (χ1v) is 5.84. The minimum atomic E-state index is 0.899. The molecule has 0 saturated carbocycles. The van der Waals surface area contributed by atoms with Gasteiger partial charge in [-0.15, -0.1) is 10.2 Å². The van der Waals surface area contributed by atoms with Crippen molar-refractivity contribution in [2.75, 3.05) is 11.9 Å². The van der Waals surface area contributed by atoms with Crippen LogP contribution in [0.1, 0.15) is 13.3 Å². The van der Waals surface area contributed by atoms with E-state index in [1.54, 1.807) is 11.3 Å². The van der Waals surface area contributed by atoms with E-state index in [2.05, 4.69) is 22.4 Å². The normalized spacial score (nSPS) is 10.2. The Morgan fingerprint density at radius 1 is 1.20 bits per heavy atom. The molecule has 0 unspecified atom stereocenters. The molecule has 1 N–H and O–H groups in total. The van der Waals surface area contributed by atoms with E-state index in [-0.39, 0.29) is 0 Å². The maximum absolute atomic E-state index is 4.15. The Morgan fingerprint density at radius 3 is 2.73 bits per heavy atom. The van der Waals surface area contributed by atoms with Crippen molar-refractivity contribution in [3.8, 4) is 10.6 Å². The molecule has 0 aliphatic rings. The Kier molecular flexibility index (Phi) is 3.29. The van der Waals surface area contributed by atoms with Crippen molar-refractivity contribution in [1.29, 1.82) is 0 Å². The van der Waals surface area contributed by atoms with Gasteiger partial charge in [0.05, 0.1) is 0 Å². The predicted octanol–water partition coefficient (Wildman–Crippen LogP) is 3.03. The Morgan fingerprint density at radius 2 is 2.00 bits per heavy atom. The fourth-order valence-corrected chi connectivity index (χ4v) is 2.00. The molecular weight excluding hydrogens is 206 g/mol. The highest BCUT2D eigenvalue weighted by Crippen LogP contribution is 2.25. The molecular formula is C11H13N3S. The summed E-state index contributed by atoms with van der Waals surface area (Å²) in [7, 11) is 0. The minimum Gasteiger partial charge on any atom is -0.360 e. The summed E-state index contributed by atoms with van der Waals surface area (Å²) in [5, 5.41) is 13.3. The summed E-state index contributed by atoms with van der Waals surface area (Å²) < 4.78 is 0. The summed E-state index contributed by atoms with van der Waals surface area (Å²) in [5.74, 6) is 0. The van der Waals surface area contributed by atoms with E-state index >= 15 is 0 Å². The average Bonchev–Trinajstić information content (AvgIpc) is 2.76. The van der Waals surface area contributed by atoms with Gasteiger partial charge in [0.2, 0.25) is 5.13 Å². The van der Waals surface area contributed by atoms with Gasteiger partial charge in [0.15, 0.2) is 0 Å². The number of benzene rings is 1. The van der Waals surface area contributed by atoms with Gasteiger partial charge < -0.3 is 5.32 Å². The largest absolute Gasteiger partial charge is 0.360 e. The van der Waals surface area contributed by atoms with Gasteiger partial charge in [0, 0.05) is 12.1 Å². The smallest absolute Gasteiger partial charge is 0.206 e. The lowest BCUT2D eigenvalue weighted by molar-refractivity contribution is 0.964. The van der Waals surface area contributed by atoms with Gasteiger partial charge in [-0.2, -0.15) is 0 Å². The van der Waals surface area contributed by atoms with E-state index in [1.807, 2.05) is 30.3 Å². The molecule has 3 nitrogen and oxygen atoms in total. The molecule has 2 rings (SSSR count). The first kappa shape index (κ1) is 10.1. The average molecular weight is 219 g/mol. The Labute approximate surface area is 93.2 Å². The second kappa shape index (κ2) is 4.89. The van der Waals surface area contributed by atoms with Gasteiger partial charge in [-0.25, -0.2) is 0 Å². The summed E-state index contributed by atoms with van der Waals surface area (Å²) in [5.41, 5.74) is 1.12. The minimum absolute atomic E-state index is 0.899. The molecule has 0 atom stereocenters. The first-order chi connectivity index (χ1) is 7.40. The lowest BCUT2D eigenvalue weighted by Gasteiger charge is -1.95. The number of hydrogen-bond acceptors (Lipinski definition) is 4. The number of nitrogens with one attached hydrogen (secondary N) is 1. The maximum Gasteiger partial charge on any atom is 0.206 e. The van der Waals surface area contributed by atoms with Crippen molar-refractivity contribution in [2.24, 2.45) is 0 Å². The highest BCUT2D eigenvalue weighted by Gasteiger charge is 2.04. The van der Waals surface area contributed by atoms with Crippen molar-refractivity contribution in [1.82, 2.24) is 10.2 Å². The molecule has 0 amide bonds. The monoisotopic (exact) mass is 219 g/mol. The highest BCUT2D eigenvalue weighted by atomic mass is 32.1. The summed E-state index contributed by atoms with van der Waals surface area (Å²) in [4.78, 5) is 0. The van der Waals surface area contributed by atoms with Gasteiger partial charge >= 0.3 is 0 Å². The zero-order chi connectivity index (χ0) is 10.5. The van der Waals surface area contributed by atoms with Crippen LogP contribution in [0, 0.1) is 0 Å². The molecule has 78 valence electrons. The molecule has 0 bridgehead atoms. The lowest BCUT2D eigenvalue weighted by atomic mass is 10.2. The SMILES string of the molecule is CCCNc1nnc(-c2ccccc2)s1. The third kappa shape index (κ3) is 2.53. The van der Waals surface area contributed by atoms with Gasteiger partial charge in [0.25, 0.3) is 0 Å². The van der Waals surface area contributed by atoms with E-state index in [0.717, 1.165) is 28.7 Å². The second-order valence-corrected chi connectivity index (χ2v) is 4.18. The maximum atomic E-state index is 4.15. The van der Waals surface area contributed by atoms with Crippen molar-refractivity contribution < 1.29 is 0 Å². The molecule has 4 heteroatoms. The van der Waals surface area contributed by atoms with Crippen LogP contribution < -0.4 is 5.32 Å². The second-order valence-electron chi connectivity index (χ2n) is 3.21. The molecule has 0 fully saturated rings. The zero-order valence-electron chi connectivity index (χ0n) is 8.60. The van der Waals surface area contributed by atoms with E-state index in [1.165, 1.54) is 0 Å². The topological polar surface area (TPSA) is 37.8 Å². The molecule has 1 aromatic carbocycles. The molecule has 0 aliphatic heterocycles. The summed E-state index contributed by atoms with van der Waals surface area (Å²) in [6, 6.07) is 10.1. The third-order valence-electron chi connectivity index (χ3n) is 1.97. The van der Waals surface area contributed by atoms with Crippen molar-refractivity contribution in [3.63, 3.8) is 0 Å². The zero-order valence-corrected chi connectivity index (χ0v) is 9.42. The first-order valence-electron chi connectivity index (χ1n) is 5.03. The predicted molar refractivity (Wildman–Crippen MR) is 64.1 cm³/mol. The molecule has 0 radical (unpaired) electrons. The number of nitrogens with zero attached hydrogens (tertiary/aromatic N) is 2.